The molecule has 0 aliphatic carbocycles. The molecule has 8 nitrogen and oxygen atoms in total. The molecule has 0 fully saturated rings. The number of rotatable bonds is 10. The molecule has 1 amide bonds. The number of nitrogens with zero attached hydrogens (tertiary/aromatic N) is 1. The van der Waals surface area contributed by atoms with Crippen LogP contribution in [-0.2, 0) is 9.59 Å². The van der Waals surface area contributed by atoms with Crippen molar-refractivity contribution in [1.82, 2.24) is 5.32 Å². The van der Waals surface area contributed by atoms with Crippen molar-refractivity contribution in [2.45, 2.75) is 25.7 Å². The maximum absolute atomic E-state index is 11.5. The molecule has 0 aromatic heterocycles. The number of carbonyl (C=O) groups is 2. The average Bonchev–Trinajstić information content (AvgIpc) is 2.48. The molecule has 0 radical (unpaired) electrons. The maximum atomic E-state index is 11.5. The highest BCUT2D eigenvalue weighted by Crippen LogP contribution is 2.15. The fourth-order valence-electron chi connectivity index (χ4n) is 1.74. The number of non-ortho nitro benzene ring substituents is 1. The Morgan fingerprint density at radius 2 is 1.73 bits per heavy atom. The van der Waals surface area contributed by atoms with Crippen molar-refractivity contribution in [1.29, 1.82) is 0 Å². The molecule has 0 spiro atoms. The number of carboxylic acid groups (broad SMARTS) is 1. The molecule has 1 rings (SSSR count). The molecule has 0 aliphatic rings. The number of benzene rings is 1. The molecule has 0 heterocycles. The molecule has 1 aromatic rings. The average molecular weight is 309 g/mol. The fourth-order valence-corrected chi connectivity index (χ4v) is 1.74. The number of carbonyl (C=O) groups excluding carboxylic acids is 1. The molecule has 0 bridgehead atoms. The van der Waals surface area contributed by atoms with Crippen LogP contribution in [0.15, 0.2) is 24.3 Å². The first-order valence-electron chi connectivity index (χ1n) is 6.96. The number of carboxylic acids is 1. The van der Waals surface area contributed by atoms with Crippen molar-refractivity contribution in [2.24, 2.45) is 0 Å². The zero-order valence-corrected chi connectivity index (χ0v) is 12.1. The van der Waals surface area contributed by atoms with Gasteiger partial charge in [0, 0.05) is 43.8 Å². The smallest absolute Gasteiger partial charge is 0.303 e. The van der Waals surface area contributed by atoms with Crippen molar-refractivity contribution in [2.75, 3.05) is 18.4 Å². The van der Waals surface area contributed by atoms with E-state index >= 15 is 0 Å². The predicted molar refractivity (Wildman–Crippen MR) is 80.7 cm³/mol. The first-order valence-corrected chi connectivity index (χ1v) is 6.96. The van der Waals surface area contributed by atoms with Gasteiger partial charge < -0.3 is 15.7 Å². The zero-order chi connectivity index (χ0) is 16.4. The van der Waals surface area contributed by atoms with Crippen molar-refractivity contribution >= 4 is 23.3 Å². The van der Waals surface area contributed by atoms with Gasteiger partial charge in [-0.1, -0.05) is 0 Å². The van der Waals surface area contributed by atoms with Crippen LogP contribution < -0.4 is 10.6 Å². The molecule has 8 heteroatoms. The highest BCUT2D eigenvalue weighted by atomic mass is 16.6. The number of nitrogens with one attached hydrogen (secondary N) is 2. The summed E-state index contributed by atoms with van der Waals surface area (Å²) >= 11 is 0. The summed E-state index contributed by atoms with van der Waals surface area (Å²) in [6, 6.07) is 6.06. The van der Waals surface area contributed by atoms with Gasteiger partial charge in [-0.3, -0.25) is 19.7 Å². The van der Waals surface area contributed by atoms with Crippen molar-refractivity contribution in [3.05, 3.63) is 34.4 Å². The summed E-state index contributed by atoms with van der Waals surface area (Å²) < 4.78 is 0. The number of anilines is 1. The van der Waals surface area contributed by atoms with Crippen molar-refractivity contribution in [3.8, 4) is 0 Å². The van der Waals surface area contributed by atoms with Crippen LogP contribution in [0.5, 0.6) is 0 Å². The standard InChI is InChI=1S/C14H19N3O5/c18-13(16-10-2-4-14(19)20)3-1-9-15-11-5-7-12(8-6-11)17(21)22/h5-8,15H,1-4,9-10H2,(H,16,18)(H,19,20). The molecule has 1 aromatic carbocycles. The van der Waals surface area contributed by atoms with E-state index in [1.807, 2.05) is 0 Å². The highest BCUT2D eigenvalue weighted by Gasteiger charge is 2.04. The van der Waals surface area contributed by atoms with Crippen LogP contribution in [0.25, 0.3) is 0 Å². The Labute approximate surface area is 127 Å². The van der Waals surface area contributed by atoms with Gasteiger partial charge in [-0.15, -0.1) is 0 Å². The summed E-state index contributed by atoms with van der Waals surface area (Å²) in [6.07, 6.45) is 1.42. The van der Waals surface area contributed by atoms with Gasteiger partial charge in [-0.05, 0) is 25.0 Å². The highest BCUT2D eigenvalue weighted by molar-refractivity contribution is 5.76. The summed E-state index contributed by atoms with van der Waals surface area (Å²) in [7, 11) is 0. The van der Waals surface area contributed by atoms with E-state index in [4.69, 9.17) is 5.11 Å². The van der Waals surface area contributed by atoms with Crippen LogP contribution in [0.4, 0.5) is 11.4 Å². The SMILES string of the molecule is O=C(O)CCCNC(=O)CCCNc1ccc([N+](=O)[O-])cc1. The summed E-state index contributed by atoms with van der Waals surface area (Å²) in [5, 5.41) is 24.7. The topological polar surface area (TPSA) is 122 Å². The minimum absolute atomic E-state index is 0.0336. The van der Waals surface area contributed by atoms with Crippen LogP contribution >= 0.6 is 0 Å². The van der Waals surface area contributed by atoms with Gasteiger partial charge in [-0.25, -0.2) is 0 Å². The second kappa shape index (κ2) is 9.32. The molecule has 0 saturated heterocycles. The van der Waals surface area contributed by atoms with Crippen LogP contribution in [0.3, 0.4) is 0 Å². The van der Waals surface area contributed by atoms with Crippen LogP contribution in [-0.4, -0.2) is 35.0 Å². The Bertz CT molecular complexity index is 516. The fraction of sp³-hybridized carbons (Fsp3) is 0.429. The maximum Gasteiger partial charge on any atom is 0.303 e. The first-order chi connectivity index (χ1) is 10.5. The van der Waals surface area contributed by atoms with E-state index in [0.717, 1.165) is 5.69 Å². The van der Waals surface area contributed by atoms with Gasteiger partial charge >= 0.3 is 5.97 Å². The summed E-state index contributed by atoms with van der Waals surface area (Å²) in [5.41, 5.74) is 0.791. The van der Waals surface area contributed by atoms with Gasteiger partial charge in [0.05, 0.1) is 4.92 Å². The minimum Gasteiger partial charge on any atom is -0.481 e. The lowest BCUT2D eigenvalue weighted by Gasteiger charge is -2.07. The normalized spacial score (nSPS) is 10.0. The quantitative estimate of drug-likeness (QED) is 0.344. The van der Waals surface area contributed by atoms with Gasteiger partial charge in [0.1, 0.15) is 0 Å². The molecular formula is C14H19N3O5. The Morgan fingerprint density at radius 3 is 2.32 bits per heavy atom. The Morgan fingerprint density at radius 1 is 1.09 bits per heavy atom. The van der Waals surface area contributed by atoms with E-state index in [0.29, 0.717) is 32.4 Å². The summed E-state index contributed by atoms with van der Waals surface area (Å²) in [5.74, 6) is -0.988. The number of hydrogen-bond acceptors (Lipinski definition) is 5. The number of amides is 1. The summed E-state index contributed by atoms with van der Waals surface area (Å²) in [4.78, 5) is 31.8. The molecule has 0 aliphatic heterocycles. The van der Waals surface area contributed by atoms with E-state index in [1.54, 1.807) is 12.1 Å². The molecular weight excluding hydrogens is 290 g/mol. The largest absolute Gasteiger partial charge is 0.481 e. The first kappa shape index (κ1) is 17.4. The zero-order valence-electron chi connectivity index (χ0n) is 12.1. The van der Waals surface area contributed by atoms with Crippen LogP contribution in [0.1, 0.15) is 25.7 Å². The van der Waals surface area contributed by atoms with Gasteiger partial charge in [0.2, 0.25) is 5.91 Å². The van der Waals surface area contributed by atoms with Crippen molar-refractivity contribution in [3.63, 3.8) is 0 Å². The second-order valence-corrected chi connectivity index (χ2v) is 4.68. The number of nitro benzene ring substituents is 1. The summed E-state index contributed by atoms with van der Waals surface area (Å²) in [6.45, 7) is 0.932. The number of aliphatic carboxylic acids is 1. The lowest BCUT2D eigenvalue weighted by atomic mass is 10.2. The van der Waals surface area contributed by atoms with Crippen molar-refractivity contribution < 1.29 is 19.6 Å². The van der Waals surface area contributed by atoms with E-state index in [9.17, 15) is 19.7 Å². The second-order valence-electron chi connectivity index (χ2n) is 4.68. The lowest BCUT2D eigenvalue weighted by Crippen LogP contribution is -2.25. The third kappa shape index (κ3) is 7.22. The number of hydrogen-bond donors (Lipinski definition) is 3. The molecule has 120 valence electrons. The Balaban J connectivity index is 2.12. The number of nitro groups is 1. The third-order valence-corrected chi connectivity index (χ3v) is 2.88. The molecule has 0 atom stereocenters. The molecule has 0 unspecified atom stereocenters. The predicted octanol–water partition coefficient (Wildman–Crippen LogP) is 1.77. The van der Waals surface area contributed by atoms with Gasteiger partial charge in [0.25, 0.3) is 5.69 Å². The Kier molecular flexibility index (Phi) is 7.38. The minimum atomic E-state index is -0.874. The molecule has 3 N–H and O–H groups in total. The van der Waals surface area contributed by atoms with Crippen LogP contribution in [0, 0.1) is 10.1 Å². The van der Waals surface area contributed by atoms with Gasteiger partial charge in [0.15, 0.2) is 0 Å². The lowest BCUT2D eigenvalue weighted by molar-refractivity contribution is -0.384. The van der Waals surface area contributed by atoms with Crippen LogP contribution in [0.2, 0.25) is 0 Å². The molecule has 0 saturated carbocycles. The van der Waals surface area contributed by atoms with E-state index < -0.39 is 10.9 Å². The van der Waals surface area contributed by atoms with E-state index in [2.05, 4.69) is 10.6 Å². The third-order valence-electron chi connectivity index (χ3n) is 2.88. The van der Waals surface area contributed by atoms with E-state index in [-0.39, 0.29) is 18.0 Å². The monoisotopic (exact) mass is 309 g/mol. The van der Waals surface area contributed by atoms with E-state index in [1.165, 1.54) is 12.1 Å². The molecule has 22 heavy (non-hydrogen) atoms. The van der Waals surface area contributed by atoms with Gasteiger partial charge in [-0.2, -0.15) is 0 Å². The Hall–Kier alpha value is -2.64.